The molecule has 0 radical (unpaired) electrons. The summed E-state index contributed by atoms with van der Waals surface area (Å²) in [7, 11) is 0. The Balaban J connectivity index is 0.000000645. The van der Waals surface area contributed by atoms with Gasteiger partial charge in [0.05, 0.1) is 24.3 Å². The zero-order chi connectivity index (χ0) is 47.5. The smallest absolute Gasteiger partial charge is 0.416 e. The van der Waals surface area contributed by atoms with Crippen LogP contribution in [0.15, 0.2) is 102 Å². The first-order chi connectivity index (χ1) is 31.5. The molecular weight excluding hydrogens is 872 g/mol. The topological polar surface area (TPSA) is 173 Å². The van der Waals surface area contributed by atoms with Crippen molar-refractivity contribution in [1.29, 1.82) is 0 Å². The number of carbonyl (C=O) groups is 3. The van der Waals surface area contributed by atoms with Crippen molar-refractivity contribution in [3.05, 3.63) is 141 Å². The Morgan fingerprint density at radius 1 is 0.742 bits per heavy atom. The lowest BCUT2D eigenvalue weighted by Gasteiger charge is -2.39. The predicted octanol–water partition coefficient (Wildman–Crippen LogP) is 5.45. The third-order valence-corrected chi connectivity index (χ3v) is 11.9. The van der Waals surface area contributed by atoms with Gasteiger partial charge in [-0.2, -0.15) is 13.2 Å². The molecule has 1 aromatic heterocycles. The van der Waals surface area contributed by atoms with Crippen molar-refractivity contribution in [3.63, 3.8) is 0 Å². The quantitative estimate of drug-likeness (QED) is 0.0984. The number of carboxylic acid groups (broad SMARTS) is 2. The fraction of sp³-hybridized carbons (Fsp3) is 0.375. The van der Waals surface area contributed by atoms with Gasteiger partial charge in [-0.1, -0.05) is 60.7 Å². The Labute approximate surface area is 376 Å². The van der Waals surface area contributed by atoms with Crippen molar-refractivity contribution < 1.29 is 61.5 Å². The van der Waals surface area contributed by atoms with Crippen LogP contribution in [0.3, 0.4) is 0 Å². The first-order valence-corrected chi connectivity index (χ1v) is 21.4. The number of carbonyl (C=O) groups excluding carboxylic acids is 1. The van der Waals surface area contributed by atoms with E-state index in [1.807, 2.05) is 33.7 Å². The molecule has 7 rings (SSSR count). The van der Waals surface area contributed by atoms with Crippen LogP contribution in [0.25, 0.3) is 22.0 Å². The third-order valence-electron chi connectivity index (χ3n) is 11.9. The summed E-state index contributed by atoms with van der Waals surface area (Å²) < 4.78 is 75.5. The molecule has 2 unspecified atom stereocenters. The second kappa shape index (κ2) is 22.4. The highest BCUT2D eigenvalue weighted by Gasteiger charge is 2.32. The summed E-state index contributed by atoms with van der Waals surface area (Å²) in [4.78, 5) is 54.2. The average Bonchev–Trinajstić information content (AvgIpc) is 3.31. The van der Waals surface area contributed by atoms with Gasteiger partial charge < -0.3 is 39.5 Å². The van der Waals surface area contributed by atoms with Crippen LogP contribution in [0.5, 0.6) is 0 Å². The van der Waals surface area contributed by atoms with Gasteiger partial charge in [0.1, 0.15) is 6.54 Å². The van der Waals surface area contributed by atoms with Crippen molar-refractivity contribution in [1.82, 2.24) is 19.3 Å². The minimum Gasteiger partial charge on any atom is -0.479 e. The van der Waals surface area contributed by atoms with Crippen molar-refractivity contribution in [2.75, 3.05) is 52.5 Å². The molecular formula is C48H51F5N4O9. The fourth-order valence-corrected chi connectivity index (χ4v) is 8.11. The molecule has 0 bridgehead atoms. The number of nitrogens with zero attached hydrogens (tertiary/aromatic N) is 4. The molecule has 2 fully saturated rings. The molecule has 0 spiro atoms. The predicted molar refractivity (Wildman–Crippen MR) is 233 cm³/mol. The number of aromatic nitrogens is 1. The van der Waals surface area contributed by atoms with Gasteiger partial charge in [0.15, 0.2) is 29.3 Å². The lowest BCUT2D eigenvalue weighted by Crippen LogP contribution is -2.49. The number of aryl methyl sites for hydroxylation is 2. The Bertz CT molecular complexity index is 2490. The summed E-state index contributed by atoms with van der Waals surface area (Å²) in [5, 5.41) is 33.0. The number of likely N-dealkylation sites (tertiary alicyclic amines) is 1. The monoisotopic (exact) mass is 922 g/mol. The van der Waals surface area contributed by atoms with Crippen LogP contribution < -0.4 is 5.43 Å². The summed E-state index contributed by atoms with van der Waals surface area (Å²) in [6.45, 7) is 7.15. The van der Waals surface area contributed by atoms with E-state index in [-0.39, 0.29) is 42.3 Å². The molecule has 0 aliphatic carbocycles. The number of carboxylic acids is 2. The number of fused-ring (bicyclic) bond motifs is 1. The number of ether oxygens (including phenoxy) is 1. The summed E-state index contributed by atoms with van der Waals surface area (Å²) in [6.07, 6.45) is -7.06. The molecule has 352 valence electrons. The maximum absolute atomic E-state index is 14.7. The van der Waals surface area contributed by atoms with Crippen molar-refractivity contribution >= 4 is 28.7 Å². The lowest BCUT2D eigenvalue weighted by atomic mass is 10.00. The lowest BCUT2D eigenvalue weighted by molar-refractivity contribution is -0.165. The van der Waals surface area contributed by atoms with Gasteiger partial charge in [0.2, 0.25) is 5.91 Å². The van der Waals surface area contributed by atoms with E-state index < -0.39 is 47.5 Å². The van der Waals surface area contributed by atoms with Gasteiger partial charge in [-0.3, -0.25) is 14.5 Å². The van der Waals surface area contributed by atoms with Gasteiger partial charge in [-0.25, -0.2) is 18.4 Å². The number of hydrogen-bond donors (Lipinski definition) is 4. The Morgan fingerprint density at radius 2 is 1.32 bits per heavy atom. The van der Waals surface area contributed by atoms with Crippen LogP contribution in [-0.2, 0) is 51.2 Å². The second-order valence-electron chi connectivity index (χ2n) is 16.2. The second-order valence-corrected chi connectivity index (χ2v) is 16.2. The molecule has 0 saturated carbocycles. The normalized spacial score (nSPS) is 16.0. The maximum Gasteiger partial charge on any atom is 0.416 e. The van der Waals surface area contributed by atoms with Crippen LogP contribution in [0.1, 0.15) is 35.2 Å². The first-order valence-electron chi connectivity index (χ1n) is 21.4. The SMILES string of the molecule is O=C(Cn1c(CCc2cccc(F)c2F)cc(=O)c2ccccc21)N(Cc1ccc(-c2ccc(C(F)(F)F)cc2)cc1)C1CCN(CCN2CCOCC2)CC1.O=C(O)C(O)C(O)C(=O)O. The van der Waals surface area contributed by atoms with Crippen molar-refractivity contribution in [2.45, 2.75) is 63.2 Å². The van der Waals surface area contributed by atoms with E-state index in [0.717, 1.165) is 94.6 Å². The van der Waals surface area contributed by atoms with Crippen molar-refractivity contribution in [3.8, 4) is 11.1 Å². The van der Waals surface area contributed by atoms with Gasteiger partial charge in [-0.15, -0.1) is 0 Å². The number of aliphatic hydroxyl groups excluding tert-OH is 2. The molecule has 66 heavy (non-hydrogen) atoms. The fourth-order valence-electron chi connectivity index (χ4n) is 8.11. The highest BCUT2D eigenvalue weighted by Crippen LogP contribution is 2.31. The molecule has 4 aromatic carbocycles. The molecule has 2 aliphatic heterocycles. The molecule has 2 saturated heterocycles. The molecule has 3 heterocycles. The van der Waals surface area contributed by atoms with Crippen LogP contribution in [0.4, 0.5) is 22.0 Å². The van der Waals surface area contributed by atoms with Crippen LogP contribution in [0.2, 0.25) is 0 Å². The first kappa shape index (κ1) is 49.4. The van der Waals surface area contributed by atoms with Crippen LogP contribution in [-0.4, -0.2) is 128 Å². The summed E-state index contributed by atoms with van der Waals surface area (Å²) in [6, 6.07) is 25.1. The minimum absolute atomic E-state index is 0.0628. The number of amides is 1. The van der Waals surface area contributed by atoms with E-state index in [1.54, 1.807) is 24.3 Å². The van der Waals surface area contributed by atoms with Crippen LogP contribution in [0, 0.1) is 11.6 Å². The number of aliphatic hydroxyl groups is 2. The number of rotatable bonds is 15. The van der Waals surface area contributed by atoms with E-state index in [4.69, 9.17) is 25.2 Å². The molecule has 2 atom stereocenters. The molecule has 13 nitrogen and oxygen atoms in total. The van der Waals surface area contributed by atoms with Crippen molar-refractivity contribution in [2.24, 2.45) is 0 Å². The Hall–Kier alpha value is -6.05. The number of para-hydroxylation sites is 1. The molecule has 2 aliphatic rings. The number of halogens is 5. The highest BCUT2D eigenvalue weighted by molar-refractivity contribution is 5.84. The standard InChI is InChI=1S/C44H45F5N4O3.C4H6O6/c45-39-6-3-4-34(43(39)46)14-17-37-28-41(54)38-5-1-2-7-40(38)52(37)30-42(55)53(36-18-20-50(21-19-36)22-23-51-24-26-56-27-25-51)29-31-8-10-32(11-9-31)33-12-15-35(16-13-33)44(47,48)49;5-1(3(7)8)2(6)4(9)10/h1-13,15-16,28,36H,14,17-27,29-30H2;1-2,5-6H,(H,7,8)(H,9,10). The number of aliphatic carboxylic acids is 2. The molecule has 5 aromatic rings. The zero-order valence-electron chi connectivity index (χ0n) is 35.9. The minimum atomic E-state index is -4.42. The molecule has 18 heteroatoms. The number of hydrogen-bond acceptors (Lipinski definition) is 9. The van der Waals surface area contributed by atoms with E-state index in [0.29, 0.717) is 28.7 Å². The summed E-state index contributed by atoms with van der Waals surface area (Å²) in [5.41, 5.74) is 2.67. The van der Waals surface area contributed by atoms with Gasteiger partial charge in [0, 0.05) is 69.0 Å². The zero-order valence-corrected chi connectivity index (χ0v) is 35.9. The maximum atomic E-state index is 14.7. The van der Waals surface area contributed by atoms with E-state index in [1.165, 1.54) is 30.3 Å². The average molecular weight is 923 g/mol. The Kier molecular flexibility index (Phi) is 16.8. The number of benzene rings is 4. The number of morpholine rings is 1. The highest BCUT2D eigenvalue weighted by atomic mass is 19.4. The summed E-state index contributed by atoms with van der Waals surface area (Å²) in [5.74, 6) is -5.55. The molecule has 4 N–H and O–H groups in total. The van der Waals surface area contributed by atoms with Gasteiger partial charge in [-0.05, 0) is 78.3 Å². The van der Waals surface area contributed by atoms with E-state index >= 15 is 0 Å². The van der Waals surface area contributed by atoms with Crippen LogP contribution >= 0.6 is 0 Å². The number of piperidine rings is 1. The molecule has 1 amide bonds. The third kappa shape index (κ3) is 12.8. The van der Waals surface area contributed by atoms with Gasteiger partial charge in [0.25, 0.3) is 0 Å². The Morgan fingerprint density at radius 3 is 1.91 bits per heavy atom. The van der Waals surface area contributed by atoms with E-state index in [2.05, 4.69) is 9.80 Å². The number of alkyl halides is 3. The van der Waals surface area contributed by atoms with E-state index in [9.17, 15) is 41.1 Å². The largest absolute Gasteiger partial charge is 0.479 e. The van der Waals surface area contributed by atoms with Gasteiger partial charge >= 0.3 is 18.1 Å². The summed E-state index contributed by atoms with van der Waals surface area (Å²) >= 11 is 0. The number of pyridine rings is 1.